The lowest BCUT2D eigenvalue weighted by atomic mass is 9.90. The molecule has 1 aliphatic heterocycles. The molecule has 1 amide bonds. The molecular formula is C14H15N5OS2. The van der Waals surface area contributed by atoms with E-state index in [0.717, 1.165) is 35.5 Å². The number of aryl methyl sites for hydroxylation is 1. The SMILES string of the molecule is NN1C(=O)CS/C1=N/C(=S)N/N=C1\CCCc2ccccc21. The molecular weight excluding hydrogens is 318 g/mol. The molecule has 8 heteroatoms. The second-order valence-electron chi connectivity index (χ2n) is 4.93. The fraction of sp³-hybridized carbons (Fsp3) is 0.286. The number of thiocarbonyl (C=S) groups is 1. The van der Waals surface area contributed by atoms with Crippen LogP contribution in [0.15, 0.2) is 34.4 Å². The molecule has 6 nitrogen and oxygen atoms in total. The lowest BCUT2D eigenvalue weighted by Gasteiger charge is -2.17. The third kappa shape index (κ3) is 3.18. The quantitative estimate of drug-likeness (QED) is 0.351. The summed E-state index contributed by atoms with van der Waals surface area (Å²) >= 11 is 6.40. The fourth-order valence-electron chi connectivity index (χ4n) is 2.40. The first-order valence-corrected chi connectivity index (χ1v) is 8.28. The highest BCUT2D eigenvalue weighted by atomic mass is 32.2. The fourth-order valence-corrected chi connectivity index (χ4v) is 3.38. The number of benzene rings is 1. The van der Waals surface area contributed by atoms with E-state index >= 15 is 0 Å². The Hall–Kier alpha value is -1.77. The van der Waals surface area contributed by atoms with Gasteiger partial charge in [0.15, 0.2) is 5.17 Å². The summed E-state index contributed by atoms with van der Waals surface area (Å²) in [4.78, 5) is 15.4. The van der Waals surface area contributed by atoms with Crippen molar-refractivity contribution < 1.29 is 4.79 Å². The van der Waals surface area contributed by atoms with Gasteiger partial charge in [-0.2, -0.15) is 10.1 Å². The van der Waals surface area contributed by atoms with Crippen LogP contribution < -0.4 is 11.3 Å². The predicted octanol–water partition coefficient (Wildman–Crippen LogP) is 1.41. The van der Waals surface area contributed by atoms with Gasteiger partial charge < -0.3 is 0 Å². The Balaban J connectivity index is 1.71. The molecule has 1 heterocycles. The Morgan fingerprint density at radius 3 is 2.95 bits per heavy atom. The zero-order valence-corrected chi connectivity index (χ0v) is 13.4. The summed E-state index contributed by atoms with van der Waals surface area (Å²) in [5.74, 6) is 5.69. The third-order valence-corrected chi connectivity index (χ3v) is 4.59. The van der Waals surface area contributed by atoms with Gasteiger partial charge in [0.05, 0.1) is 11.5 Å². The summed E-state index contributed by atoms with van der Waals surface area (Å²) in [5, 5.41) is 5.98. The van der Waals surface area contributed by atoms with Gasteiger partial charge in [-0.05, 0) is 37.0 Å². The highest BCUT2D eigenvalue weighted by Crippen LogP contribution is 2.21. The van der Waals surface area contributed by atoms with E-state index in [2.05, 4.69) is 27.7 Å². The second kappa shape index (κ2) is 6.55. The topological polar surface area (TPSA) is 83.1 Å². The van der Waals surface area contributed by atoms with Crippen molar-refractivity contribution in [2.24, 2.45) is 15.9 Å². The van der Waals surface area contributed by atoms with E-state index in [0.29, 0.717) is 10.9 Å². The molecule has 0 atom stereocenters. The van der Waals surface area contributed by atoms with Gasteiger partial charge in [0, 0.05) is 5.56 Å². The molecule has 0 aromatic heterocycles. The molecule has 1 saturated heterocycles. The predicted molar refractivity (Wildman–Crippen MR) is 92.6 cm³/mol. The summed E-state index contributed by atoms with van der Waals surface area (Å²) in [7, 11) is 0. The van der Waals surface area contributed by atoms with Crippen molar-refractivity contribution in [3.63, 3.8) is 0 Å². The van der Waals surface area contributed by atoms with E-state index in [1.165, 1.54) is 17.3 Å². The highest BCUT2D eigenvalue weighted by Gasteiger charge is 2.25. The van der Waals surface area contributed by atoms with Gasteiger partial charge in [-0.1, -0.05) is 36.0 Å². The monoisotopic (exact) mass is 333 g/mol. The van der Waals surface area contributed by atoms with Gasteiger partial charge in [0.1, 0.15) is 0 Å². The Kier molecular flexibility index (Phi) is 4.51. The second-order valence-corrected chi connectivity index (χ2v) is 6.26. The van der Waals surface area contributed by atoms with Crippen LogP contribution in [-0.4, -0.2) is 32.7 Å². The molecule has 0 unspecified atom stereocenters. The van der Waals surface area contributed by atoms with E-state index in [1.807, 2.05) is 12.1 Å². The number of thioether (sulfide) groups is 1. The van der Waals surface area contributed by atoms with Gasteiger partial charge in [0.25, 0.3) is 5.91 Å². The molecule has 0 saturated carbocycles. The summed E-state index contributed by atoms with van der Waals surface area (Å²) in [6.45, 7) is 0. The zero-order chi connectivity index (χ0) is 15.5. The van der Waals surface area contributed by atoms with Gasteiger partial charge >= 0.3 is 0 Å². The van der Waals surface area contributed by atoms with Crippen molar-refractivity contribution in [1.29, 1.82) is 0 Å². The van der Waals surface area contributed by atoms with Crippen LogP contribution in [0.5, 0.6) is 0 Å². The molecule has 0 bridgehead atoms. The number of nitrogens with zero attached hydrogens (tertiary/aromatic N) is 3. The van der Waals surface area contributed by atoms with E-state index in [4.69, 9.17) is 18.1 Å². The summed E-state index contributed by atoms with van der Waals surface area (Å²) in [6.07, 6.45) is 3.04. The number of carbonyl (C=O) groups is 1. The number of carbonyl (C=O) groups excluding carboxylic acids is 1. The number of hydrazine groups is 1. The lowest BCUT2D eigenvalue weighted by Crippen LogP contribution is -2.37. The van der Waals surface area contributed by atoms with Crippen molar-refractivity contribution in [1.82, 2.24) is 10.4 Å². The maximum Gasteiger partial charge on any atom is 0.253 e. The lowest BCUT2D eigenvalue weighted by molar-refractivity contribution is -0.124. The van der Waals surface area contributed by atoms with Crippen LogP contribution in [0.4, 0.5) is 0 Å². The smallest absolute Gasteiger partial charge is 0.253 e. The molecule has 2 aliphatic rings. The molecule has 0 radical (unpaired) electrons. The highest BCUT2D eigenvalue weighted by molar-refractivity contribution is 8.15. The minimum Gasteiger partial charge on any atom is -0.272 e. The molecule has 1 aliphatic carbocycles. The van der Waals surface area contributed by atoms with Crippen LogP contribution >= 0.6 is 24.0 Å². The average molecular weight is 333 g/mol. The maximum atomic E-state index is 11.3. The summed E-state index contributed by atoms with van der Waals surface area (Å²) < 4.78 is 0. The number of aliphatic imine (C=N–C) groups is 1. The van der Waals surface area contributed by atoms with Crippen LogP contribution in [0.1, 0.15) is 24.0 Å². The van der Waals surface area contributed by atoms with Crippen molar-refractivity contribution in [3.8, 4) is 0 Å². The number of hydrogen-bond acceptors (Lipinski definition) is 5. The number of hydrogen-bond donors (Lipinski definition) is 2. The molecule has 22 heavy (non-hydrogen) atoms. The zero-order valence-electron chi connectivity index (χ0n) is 11.8. The van der Waals surface area contributed by atoms with E-state index in [-0.39, 0.29) is 11.0 Å². The van der Waals surface area contributed by atoms with E-state index in [9.17, 15) is 4.79 Å². The number of hydrazone groups is 1. The number of rotatable bonds is 1. The molecule has 1 aromatic carbocycles. The number of nitrogens with two attached hydrogens (primary N) is 1. The Labute approximate surface area is 137 Å². The van der Waals surface area contributed by atoms with E-state index in [1.54, 1.807) is 0 Å². The number of amidine groups is 1. The van der Waals surface area contributed by atoms with Gasteiger partial charge in [-0.15, -0.1) is 0 Å². The minimum atomic E-state index is -0.181. The normalized spacial score (nSPS) is 21.3. The Bertz CT molecular complexity index is 686. The number of fused-ring (bicyclic) bond motifs is 1. The van der Waals surface area contributed by atoms with Crippen molar-refractivity contribution >= 4 is 45.9 Å². The standard InChI is InChI=1S/C14H15N5OS2/c15-19-12(20)8-22-14(19)16-13(21)18-17-11-7-3-5-9-4-1-2-6-10(9)11/h1-2,4,6H,3,5,7-8,15H2,(H,18,21)/b16-14+,17-11+. The molecule has 3 rings (SSSR count). The Morgan fingerprint density at radius 1 is 1.36 bits per heavy atom. The molecule has 1 fully saturated rings. The first-order valence-electron chi connectivity index (χ1n) is 6.89. The third-order valence-electron chi connectivity index (χ3n) is 3.47. The van der Waals surface area contributed by atoms with E-state index < -0.39 is 0 Å². The van der Waals surface area contributed by atoms with Crippen LogP contribution in [-0.2, 0) is 11.2 Å². The maximum absolute atomic E-state index is 11.3. The van der Waals surface area contributed by atoms with Crippen LogP contribution in [0.3, 0.4) is 0 Å². The van der Waals surface area contributed by atoms with Crippen molar-refractivity contribution in [2.45, 2.75) is 19.3 Å². The van der Waals surface area contributed by atoms with Gasteiger partial charge in [0.2, 0.25) is 5.11 Å². The molecule has 1 aromatic rings. The Morgan fingerprint density at radius 2 is 2.18 bits per heavy atom. The largest absolute Gasteiger partial charge is 0.272 e. The van der Waals surface area contributed by atoms with Crippen molar-refractivity contribution in [3.05, 3.63) is 35.4 Å². The average Bonchev–Trinajstić information content (AvgIpc) is 2.85. The van der Waals surface area contributed by atoms with Crippen molar-refractivity contribution in [2.75, 3.05) is 5.75 Å². The van der Waals surface area contributed by atoms with Crippen LogP contribution in [0.2, 0.25) is 0 Å². The number of nitrogens with one attached hydrogen (secondary N) is 1. The van der Waals surface area contributed by atoms with Crippen LogP contribution in [0, 0.1) is 0 Å². The summed E-state index contributed by atoms with van der Waals surface area (Å²) in [6, 6.07) is 8.23. The minimum absolute atomic E-state index is 0.181. The first-order chi connectivity index (χ1) is 10.6. The number of amides is 1. The summed E-state index contributed by atoms with van der Waals surface area (Å²) in [5.41, 5.74) is 6.21. The molecule has 114 valence electrons. The van der Waals surface area contributed by atoms with Crippen LogP contribution in [0.25, 0.3) is 0 Å². The van der Waals surface area contributed by atoms with Gasteiger partial charge in [-0.3, -0.25) is 10.2 Å². The van der Waals surface area contributed by atoms with Gasteiger partial charge in [-0.25, -0.2) is 10.9 Å². The molecule has 3 N–H and O–H groups in total. The molecule has 0 spiro atoms. The first kappa shape index (κ1) is 15.1.